The molecule has 0 aliphatic carbocycles. The van der Waals surface area contributed by atoms with E-state index < -0.39 is 5.82 Å². The van der Waals surface area contributed by atoms with Crippen LogP contribution < -0.4 is 0 Å². The summed E-state index contributed by atoms with van der Waals surface area (Å²) in [6.07, 6.45) is 6.35. The summed E-state index contributed by atoms with van der Waals surface area (Å²) in [6.45, 7) is 4.09. The maximum atomic E-state index is 12.9. The Hall–Kier alpha value is -1.25. The van der Waals surface area contributed by atoms with E-state index in [4.69, 9.17) is 0 Å². The van der Waals surface area contributed by atoms with E-state index >= 15 is 0 Å². The third kappa shape index (κ3) is 3.40. The van der Waals surface area contributed by atoms with Gasteiger partial charge in [0.05, 0.1) is 6.20 Å². The lowest BCUT2D eigenvalue weighted by Crippen LogP contribution is -2.14. The smallest absolute Gasteiger partial charge is 0.167 e. The average molecular weight is 223 g/mol. The zero-order valence-corrected chi connectivity index (χ0v) is 9.87. The van der Waals surface area contributed by atoms with Gasteiger partial charge >= 0.3 is 0 Å². The second kappa shape index (κ2) is 6.36. The predicted octanol–water partition coefficient (Wildman–Crippen LogP) is 3.62. The molecule has 1 aromatic heterocycles. The Morgan fingerprint density at radius 1 is 1.44 bits per heavy atom. The lowest BCUT2D eigenvalue weighted by atomic mass is 9.91. The molecule has 0 amide bonds. The Kier molecular flexibility index (Phi) is 5.09. The molecule has 0 aromatic carbocycles. The van der Waals surface area contributed by atoms with Crippen molar-refractivity contribution in [3.63, 3.8) is 0 Å². The van der Waals surface area contributed by atoms with Crippen LogP contribution in [0.25, 0.3) is 0 Å². The summed E-state index contributed by atoms with van der Waals surface area (Å²) in [4.78, 5) is 15.7. The molecule has 1 unspecified atom stereocenters. The zero-order chi connectivity index (χ0) is 12.0. The van der Waals surface area contributed by atoms with E-state index in [-0.39, 0.29) is 11.7 Å². The molecular formula is C13H18FNO. The minimum Gasteiger partial charge on any atom is -0.294 e. The summed E-state index contributed by atoms with van der Waals surface area (Å²) in [7, 11) is 0. The molecule has 16 heavy (non-hydrogen) atoms. The van der Waals surface area contributed by atoms with Gasteiger partial charge < -0.3 is 0 Å². The Labute approximate surface area is 95.9 Å². The Morgan fingerprint density at radius 2 is 2.19 bits per heavy atom. The number of ketones is 1. The molecule has 2 nitrogen and oxygen atoms in total. The standard InChI is InChI=1S/C13H18FNO/c1-3-5-6-10(4-2)13(16)11-7-12(14)9-15-8-11/h7-10H,3-6H2,1-2H3. The molecule has 0 spiro atoms. The number of unbranched alkanes of at least 4 members (excludes halogenated alkanes) is 1. The summed E-state index contributed by atoms with van der Waals surface area (Å²) in [5.41, 5.74) is 0.392. The molecule has 0 saturated carbocycles. The summed E-state index contributed by atoms with van der Waals surface area (Å²) in [5, 5.41) is 0. The van der Waals surface area contributed by atoms with E-state index in [0.29, 0.717) is 5.56 Å². The van der Waals surface area contributed by atoms with Crippen molar-refractivity contribution >= 4 is 5.78 Å². The monoisotopic (exact) mass is 223 g/mol. The van der Waals surface area contributed by atoms with Gasteiger partial charge in [0, 0.05) is 17.7 Å². The highest BCUT2D eigenvalue weighted by molar-refractivity contribution is 5.97. The number of carbonyl (C=O) groups is 1. The number of Topliss-reactive ketones (excluding diaryl/α,β-unsaturated/α-hetero) is 1. The Morgan fingerprint density at radius 3 is 2.75 bits per heavy atom. The van der Waals surface area contributed by atoms with Gasteiger partial charge in [0.1, 0.15) is 5.82 Å². The van der Waals surface area contributed by atoms with Crippen molar-refractivity contribution in [3.05, 3.63) is 29.8 Å². The van der Waals surface area contributed by atoms with Crippen LogP contribution in [0.1, 0.15) is 49.9 Å². The van der Waals surface area contributed by atoms with Crippen LogP contribution in [0.15, 0.2) is 18.5 Å². The predicted molar refractivity (Wildman–Crippen MR) is 61.8 cm³/mol. The number of rotatable bonds is 6. The van der Waals surface area contributed by atoms with Gasteiger partial charge in [-0.2, -0.15) is 0 Å². The maximum Gasteiger partial charge on any atom is 0.167 e. The first-order valence-electron chi connectivity index (χ1n) is 5.83. The van der Waals surface area contributed by atoms with E-state index in [1.165, 1.54) is 12.3 Å². The Bertz CT molecular complexity index is 352. The van der Waals surface area contributed by atoms with Crippen molar-refractivity contribution in [1.82, 2.24) is 4.98 Å². The van der Waals surface area contributed by atoms with Crippen molar-refractivity contribution in [2.24, 2.45) is 5.92 Å². The minimum absolute atomic E-state index is 0.00329. The molecule has 0 aliphatic heterocycles. The molecule has 0 saturated heterocycles. The van der Waals surface area contributed by atoms with Crippen LogP contribution in [-0.2, 0) is 0 Å². The average Bonchev–Trinajstić information content (AvgIpc) is 2.29. The number of carbonyl (C=O) groups excluding carboxylic acids is 1. The highest BCUT2D eigenvalue weighted by atomic mass is 19.1. The van der Waals surface area contributed by atoms with E-state index in [1.54, 1.807) is 0 Å². The molecule has 3 heteroatoms. The minimum atomic E-state index is -0.448. The summed E-state index contributed by atoms with van der Waals surface area (Å²) in [5.74, 6) is -0.428. The lowest BCUT2D eigenvalue weighted by Gasteiger charge is -2.12. The molecule has 1 aromatic rings. The van der Waals surface area contributed by atoms with E-state index in [9.17, 15) is 9.18 Å². The highest BCUT2D eigenvalue weighted by Gasteiger charge is 2.18. The van der Waals surface area contributed by atoms with E-state index in [0.717, 1.165) is 31.9 Å². The SMILES string of the molecule is CCCCC(CC)C(=O)c1cncc(F)c1. The van der Waals surface area contributed by atoms with Crippen molar-refractivity contribution in [2.45, 2.75) is 39.5 Å². The molecule has 0 bridgehead atoms. The zero-order valence-electron chi connectivity index (χ0n) is 9.87. The van der Waals surface area contributed by atoms with Crippen LogP contribution in [0.4, 0.5) is 4.39 Å². The van der Waals surface area contributed by atoms with Crippen LogP contribution in [0.2, 0.25) is 0 Å². The van der Waals surface area contributed by atoms with Crippen molar-refractivity contribution in [3.8, 4) is 0 Å². The van der Waals surface area contributed by atoms with E-state index in [1.807, 2.05) is 6.92 Å². The maximum absolute atomic E-state index is 12.9. The van der Waals surface area contributed by atoms with Crippen LogP contribution in [-0.4, -0.2) is 10.8 Å². The first-order chi connectivity index (χ1) is 7.69. The molecule has 0 radical (unpaired) electrons. The van der Waals surface area contributed by atoms with Gasteiger partial charge in [0.2, 0.25) is 0 Å². The molecular weight excluding hydrogens is 205 g/mol. The molecule has 88 valence electrons. The first kappa shape index (κ1) is 12.8. The highest BCUT2D eigenvalue weighted by Crippen LogP contribution is 2.18. The second-order valence-electron chi connectivity index (χ2n) is 4.00. The second-order valence-corrected chi connectivity index (χ2v) is 4.00. The van der Waals surface area contributed by atoms with Gasteiger partial charge in [0.15, 0.2) is 5.78 Å². The van der Waals surface area contributed by atoms with Crippen LogP contribution >= 0.6 is 0 Å². The number of halogens is 1. The van der Waals surface area contributed by atoms with Gasteiger partial charge in [-0.25, -0.2) is 4.39 Å². The number of pyridine rings is 1. The third-order valence-corrected chi connectivity index (χ3v) is 2.76. The number of nitrogens with zero attached hydrogens (tertiary/aromatic N) is 1. The molecule has 1 heterocycles. The molecule has 1 rings (SSSR count). The summed E-state index contributed by atoms with van der Waals surface area (Å²) in [6, 6.07) is 1.27. The number of hydrogen-bond donors (Lipinski definition) is 0. The normalized spacial score (nSPS) is 12.4. The van der Waals surface area contributed by atoms with Crippen molar-refractivity contribution in [1.29, 1.82) is 0 Å². The fourth-order valence-corrected chi connectivity index (χ4v) is 1.75. The van der Waals surface area contributed by atoms with Gasteiger partial charge in [-0.3, -0.25) is 9.78 Å². The van der Waals surface area contributed by atoms with Gasteiger partial charge in [0.25, 0.3) is 0 Å². The largest absolute Gasteiger partial charge is 0.294 e. The molecule has 1 atom stereocenters. The number of hydrogen-bond acceptors (Lipinski definition) is 2. The van der Waals surface area contributed by atoms with Crippen molar-refractivity contribution < 1.29 is 9.18 Å². The van der Waals surface area contributed by atoms with Gasteiger partial charge in [-0.05, 0) is 18.9 Å². The summed E-state index contributed by atoms with van der Waals surface area (Å²) < 4.78 is 12.9. The van der Waals surface area contributed by atoms with Crippen LogP contribution in [0.5, 0.6) is 0 Å². The molecule has 0 aliphatic rings. The van der Waals surface area contributed by atoms with Gasteiger partial charge in [-0.1, -0.05) is 26.7 Å². The topological polar surface area (TPSA) is 30.0 Å². The molecule has 0 fully saturated rings. The van der Waals surface area contributed by atoms with Crippen LogP contribution in [0.3, 0.4) is 0 Å². The fraction of sp³-hybridized carbons (Fsp3) is 0.538. The molecule has 0 N–H and O–H groups in total. The lowest BCUT2D eigenvalue weighted by molar-refractivity contribution is 0.0907. The third-order valence-electron chi connectivity index (χ3n) is 2.76. The van der Waals surface area contributed by atoms with Crippen molar-refractivity contribution in [2.75, 3.05) is 0 Å². The van der Waals surface area contributed by atoms with Gasteiger partial charge in [-0.15, -0.1) is 0 Å². The quantitative estimate of drug-likeness (QED) is 0.689. The van der Waals surface area contributed by atoms with E-state index in [2.05, 4.69) is 11.9 Å². The number of aromatic nitrogens is 1. The summed E-state index contributed by atoms with van der Waals surface area (Å²) >= 11 is 0. The fourth-order valence-electron chi connectivity index (χ4n) is 1.75. The first-order valence-corrected chi connectivity index (χ1v) is 5.83. The Balaban J connectivity index is 2.74. The van der Waals surface area contributed by atoms with Crippen LogP contribution in [0, 0.1) is 11.7 Å².